The van der Waals surface area contributed by atoms with Gasteiger partial charge < -0.3 is 15.1 Å². The van der Waals surface area contributed by atoms with Gasteiger partial charge in [-0.05, 0) is 45.9 Å². The van der Waals surface area contributed by atoms with Gasteiger partial charge in [-0.25, -0.2) is 0 Å². The minimum atomic E-state index is -0.127. The molecule has 1 aromatic carbocycles. The smallest absolute Gasteiger partial charge is 0.142 e. The van der Waals surface area contributed by atoms with Crippen molar-refractivity contribution in [3.63, 3.8) is 0 Å². The van der Waals surface area contributed by atoms with Crippen molar-refractivity contribution in [2.75, 3.05) is 12.4 Å². The molecule has 0 radical (unpaired) electrons. The van der Waals surface area contributed by atoms with Gasteiger partial charge in [0.25, 0.3) is 0 Å². The zero-order valence-electron chi connectivity index (χ0n) is 15.9. The minimum absolute atomic E-state index is 0.127. The number of rotatable bonds is 3. The zero-order chi connectivity index (χ0) is 18.5. The van der Waals surface area contributed by atoms with Crippen LogP contribution in [-0.4, -0.2) is 18.0 Å². The van der Waals surface area contributed by atoms with Gasteiger partial charge in [-0.1, -0.05) is 37.4 Å². The maximum atomic E-state index is 6.67. The Morgan fingerprint density at radius 3 is 2.69 bits per heavy atom. The summed E-state index contributed by atoms with van der Waals surface area (Å²) >= 11 is 6.67. The molecule has 1 spiro atoms. The SMILES string of the molecule is C=C1Nc2c(Cl)cc3cc(CN(C)C(C)C)oc3c2C2(CCCCC2)N1. The van der Waals surface area contributed by atoms with Gasteiger partial charge >= 0.3 is 0 Å². The monoisotopic (exact) mass is 373 g/mol. The molecule has 0 bridgehead atoms. The largest absolute Gasteiger partial charge is 0.459 e. The van der Waals surface area contributed by atoms with Crippen molar-refractivity contribution in [2.24, 2.45) is 0 Å². The summed E-state index contributed by atoms with van der Waals surface area (Å²) in [5, 5.41) is 8.82. The molecule has 140 valence electrons. The van der Waals surface area contributed by atoms with E-state index in [0.29, 0.717) is 6.04 Å². The number of halogens is 1. The van der Waals surface area contributed by atoms with Crippen LogP contribution >= 0.6 is 11.6 Å². The summed E-state index contributed by atoms with van der Waals surface area (Å²) in [7, 11) is 2.12. The molecule has 1 saturated carbocycles. The summed E-state index contributed by atoms with van der Waals surface area (Å²) in [6, 6.07) is 4.62. The molecule has 0 unspecified atom stereocenters. The van der Waals surface area contributed by atoms with Crippen molar-refractivity contribution in [1.29, 1.82) is 0 Å². The Hall–Kier alpha value is -1.65. The first kappa shape index (κ1) is 17.7. The average Bonchev–Trinajstić information content (AvgIpc) is 2.97. The minimum Gasteiger partial charge on any atom is -0.459 e. The van der Waals surface area contributed by atoms with Crippen LogP contribution in [0.3, 0.4) is 0 Å². The molecular weight excluding hydrogens is 346 g/mol. The van der Waals surface area contributed by atoms with Crippen LogP contribution in [0, 0.1) is 0 Å². The van der Waals surface area contributed by atoms with Crippen LogP contribution in [0.1, 0.15) is 57.3 Å². The summed E-state index contributed by atoms with van der Waals surface area (Å²) in [5.74, 6) is 1.81. The number of anilines is 1. The predicted octanol–water partition coefficient (Wildman–Crippen LogP) is 5.57. The van der Waals surface area contributed by atoms with Crippen LogP contribution in [0.5, 0.6) is 0 Å². The highest BCUT2D eigenvalue weighted by Gasteiger charge is 2.42. The summed E-state index contributed by atoms with van der Waals surface area (Å²) in [4.78, 5) is 2.28. The molecule has 2 aliphatic rings. The highest BCUT2D eigenvalue weighted by atomic mass is 35.5. The summed E-state index contributed by atoms with van der Waals surface area (Å²) in [5.41, 5.74) is 2.98. The number of nitrogens with zero attached hydrogens (tertiary/aromatic N) is 1. The lowest BCUT2D eigenvalue weighted by Crippen LogP contribution is -2.48. The van der Waals surface area contributed by atoms with Gasteiger partial charge in [0, 0.05) is 17.0 Å². The van der Waals surface area contributed by atoms with Crippen LogP contribution in [0.2, 0.25) is 5.02 Å². The molecule has 1 fully saturated rings. The van der Waals surface area contributed by atoms with Gasteiger partial charge in [0.1, 0.15) is 11.3 Å². The van der Waals surface area contributed by atoms with Gasteiger partial charge in [0.2, 0.25) is 0 Å². The molecule has 4 rings (SSSR count). The molecule has 1 aliphatic carbocycles. The van der Waals surface area contributed by atoms with Crippen molar-refractivity contribution in [1.82, 2.24) is 10.2 Å². The first-order chi connectivity index (χ1) is 12.4. The van der Waals surface area contributed by atoms with Crippen molar-refractivity contribution in [2.45, 2.75) is 64.1 Å². The molecule has 1 aromatic heterocycles. The van der Waals surface area contributed by atoms with Crippen molar-refractivity contribution >= 4 is 28.3 Å². The van der Waals surface area contributed by atoms with Crippen LogP contribution in [-0.2, 0) is 12.1 Å². The molecule has 2 N–H and O–H groups in total. The molecule has 0 atom stereocenters. The Morgan fingerprint density at radius 2 is 2.00 bits per heavy atom. The molecule has 2 heterocycles. The number of furan rings is 1. The average molecular weight is 374 g/mol. The van der Waals surface area contributed by atoms with Gasteiger partial charge in [-0.15, -0.1) is 0 Å². The standard InChI is InChI=1S/C21H28ClN3O/c1-13(2)25(4)12-16-10-15-11-17(22)19-18(20(15)26-16)21(24-14(3)23-19)8-6-5-7-9-21/h10-11,13,23-24H,3,5-9,12H2,1-2,4H3. The number of hydrogen-bond acceptors (Lipinski definition) is 4. The Labute approximate surface area is 160 Å². The normalized spacial score (nSPS) is 19.1. The van der Waals surface area contributed by atoms with Crippen molar-refractivity contribution in [3.8, 4) is 0 Å². The van der Waals surface area contributed by atoms with E-state index in [1.807, 2.05) is 6.07 Å². The highest BCUT2D eigenvalue weighted by Crippen LogP contribution is 2.49. The zero-order valence-corrected chi connectivity index (χ0v) is 16.7. The second-order valence-corrected chi connectivity index (χ2v) is 8.53. The fraction of sp³-hybridized carbons (Fsp3) is 0.524. The number of fused-ring (bicyclic) bond motifs is 4. The van der Waals surface area contributed by atoms with E-state index < -0.39 is 0 Å². The molecule has 2 aromatic rings. The summed E-state index contributed by atoms with van der Waals surface area (Å²) in [6.07, 6.45) is 5.86. The topological polar surface area (TPSA) is 40.4 Å². The lowest BCUT2D eigenvalue weighted by atomic mass is 9.74. The molecule has 5 heteroatoms. The van der Waals surface area contributed by atoms with Gasteiger partial charge in [-0.3, -0.25) is 4.90 Å². The lowest BCUT2D eigenvalue weighted by Gasteiger charge is -2.44. The first-order valence-corrected chi connectivity index (χ1v) is 9.97. The van der Waals surface area contributed by atoms with Crippen LogP contribution in [0.15, 0.2) is 28.9 Å². The van der Waals surface area contributed by atoms with Crippen LogP contribution in [0.25, 0.3) is 11.0 Å². The van der Waals surface area contributed by atoms with Gasteiger partial charge in [0.15, 0.2) is 0 Å². The van der Waals surface area contributed by atoms with Crippen LogP contribution < -0.4 is 10.6 Å². The molecule has 26 heavy (non-hydrogen) atoms. The quantitative estimate of drug-likeness (QED) is 0.737. The fourth-order valence-corrected chi connectivity index (χ4v) is 4.61. The first-order valence-electron chi connectivity index (χ1n) is 9.59. The molecule has 4 nitrogen and oxygen atoms in total. The van der Waals surface area contributed by atoms with Crippen molar-refractivity contribution < 1.29 is 4.42 Å². The van der Waals surface area contributed by atoms with E-state index in [0.717, 1.165) is 52.6 Å². The summed E-state index contributed by atoms with van der Waals surface area (Å²) < 4.78 is 6.40. The molecular formula is C21H28ClN3O. The third-order valence-electron chi connectivity index (χ3n) is 5.95. The fourth-order valence-electron chi connectivity index (χ4n) is 4.35. The molecule has 0 amide bonds. The second kappa shape index (κ2) is 6.50. The van der Waals surface area contributed by atoms with E-state index in [4.69, 9.17) is 16.0 Å². The lowest BCUT2D eigenvalue weighted by molar-refractivity contribution is 0.241. The summed E-state index contributed by atoms with van der Waals surface area (Å²) in [6.45, 7) is 9.31. The number of benzene rings is 1. The second-order valence-electron chi connectivity index (χ2n) is 8.12. The predicted molar refractivity (Wildman–Crippen MR) is 108 cm³/mol. The van der Waals surface area contributed by atoms with E-state index in [9.17, 15) is 0 Å². The third kappa shape index (κ3) is 2.89. The Morgan fingerprint density at radius 1 is 1.27 bits per heavy atom. The van der Waals surface area contributed by atoms with E-state index >= 15 is 0 Å². The van der Waals surface area contributed by atoms with E-state index in [1.54, 1.807) is 0 Å². The van der Waals surface area contributed by atoms with Gasteiger partial charge in [0.05, 0.1) is 28.6 Å². The molecule has 1 aliphatic heterocycles. The van der Waals surface area contributed by atoms with E-state index in [-0.39, 0.29) is 5.54 Å². The Balaban J connectivity index is 1.87. The van der Waals surface area contributed by atoms with Crippen molar-refractivity contribution in [3.05, 3.63) is 40.9 Å². The maximum Gasteiger partial charge on any atom is 0.142 e. The van der Waals surface area contributed by atoms with E-state index in [2.05, 4.69) is 49.1 Å². The van der Waals surface area contributed by atoms with Gasteiger partial charge in [-0.2, -0.15) is 0 Å². The third-order valence-corrected chi connectivity index (χ3v) is 6.25. The van der Waals surface area contributed by atoms with E-state index in [1.165, 1.54) is 24.8 Å². The number of nitrogens with one attached hydrogen (secondary N) is 2. The van der Waals surface area contributed by atoms with Crippen LogP contribution in [0.4, 0.5) is 5.69 Å². The highest BCUT2D eigenvalue weighted by molar-refractivity contribution is 6.34. The molecule has 0 saturated heterocycles. The Kier molecular flexibility index (Phi) is 4.44. The maximum absolute atomic E-state index is 6.67. The Bertz CT molecular complexity index is 849. The number of hydrogen-bond donors (Lipinski definition) is 2.